The molecule has 0 saturated carbocycles. The summed E-state index contributed by atoms with van der Waals surface area (Å²) in [5.74, 6) is -0.0608. The van der Waals surface area contributed by atoms with Crippen molar-refractivity contribution in [3.63, 3.8) is 0 Å². The quantitative estimate of drug-likeness (QED) is 0.811. The Hall–Kier alpha value is -1.62. The van der Waals surface area contributed by atoms with Crippen molar-refractivity contribution in [3.05, 3.63) is 29.6 Å². The predicted molar refractivity (Wildman–Crippen MR) is 68.1 cm³/mol. The molecule has 100 valence electrons. The van der Waals surface area contributed by atoms with Crippen LogP contribution in [-0.2, 0) is 4.79 Å². The van der Waals surface area contributed by atoms with E-state index < -0.39 is 6.04 Å². The van der Waals surface area contributed by atoms with Crippen LogP contribution in [0.3, 0.4) is 0 Å². The minimum absolute atomic E-state index is 0.123. The lowest BCUT2D eigenvalue weighted by molar-refractivity contribution is -0.121. The Kier molecular flexibility index (Phi) is 5.58. The number of benzene rings is 1. The van der Waals surface area contributed by atoms with Gasteiger partial charge in [-0.2, -0.15) is 0 Å². The molecule has 5 heteroatoms. The molecule has 0 fully saturated rings. The van der Waals surface area contributed by atoms with Gasteiger partial charge in [0.05, 0.1) is 18.7 Å². The van der Waals surface area contributed by atoms with E-state index in [9.17, 15) is 9.18 Å². The van der Waals surface area contributed by atoms with E-state index in [-0.39, 0.29) is 11.7 Å². The maximum absolute atomic E-state index is 13.7. The number of carbonyl (C=O) groups excluding carboxylic acids is 1. The van der Waals surface area contributed by atoms with Gasteiger partial charge in [-0.3, -0.25) is 4.79 Å². The highest BCUT2D eigenvalue weighted by atomic mass is 19.1. The monoisotopic (exact) mass is 254 g/mol. The summed E-state index contributed by atoms with van der Waals surface area (Å²) in [4.78, 5) is 11.6. The van der Waals surface area contributed by atoms with Crippen molar-refractivity contribution < 1.29 is 13.9 Å². The summed E-state index contributed by atoms with van der Waals surface area (Å²) in [7, 11) is 3.25. The van der Waals surface area contributed by atoms with Crippen LogP contribution in [0.4, 0.5) is 4.39 Å². The molecule has 4 nitrogen and oxygen atoms in total. The van der Waals surface area contributed by atoms with Gasteiger partial charge in [0.25, 0.3) is 0 Å². The maximum atomic E-state index is 13.7. The minimum Gasteiger partial charge on any atom is -0.496 e. The van der Waals surface area contributed by atoms with E-state index in [0.717, 1.165) is 0 Å². The van der Waals surface area contributed by atoms with Crippen LogP contribution in [0.5, 0.6) is 5.75 Å². The van der Waals surface area contributed by atoms with E-state index in [4.69, 9.17) is 4.74 Å². The van der Waals surface area contributed by atoms with E-state index in [1.807, 2.05) is 0 Å². The molecule has 18 heavy (non-hydrogen) atoms. The first-order valence-electron chi connectivity index (χ1n) is 5.86. The first-order chi connectivity index (χ1) is 8.60. The largest absolute Gasteiger partial charge is 0.496 e. The zero-order valence-corrected chi connectivity index (χ0v) is 10.9. The lowest BCUT2D eigenvalue weighted by Gasteiger charge is -2.18. The van der Waals surface area contributed by atoms with Crippen molar-refractivity contribution in [1.82, 2.24) is 10.6 Å². The number of nitrogens with one attached hydrogen (secondary N) is 2. The number of rotatable bonds is 6. The molecule has 0 spiro atoms. The highest BCUT2D eigenvalue weighted by Gasteiger charge is 2.17. The van der Waals surface area contributed by atoms with Crippen LogP contribution < -0.4 is 15.4 Å². The van der Waals surface area contributed by atoms with Crippen molar-refractivity contribution in [2.24, 2.45) is 0 Å². The molecule has 0 aliphatic heterocycles. The van der Waals surface area contributed by atoms with E-state index in [1.54, 1.807) is 26.1 Å². The second-order valence-electron chi connectivity index (χ2n) is 4.00. The number of carbonyl (C=O) groups is 1. The fourth-order valence-corrected chi connectivity index (χ4v) is 1.74. The van der Waals surface area contributed by atoms with E-state index in [2.05, 4.69) is 10.6 Å². The topological polar surface area (TPSA) is 50.4 Å². The molecule has 0 bridgehead atoms. The minimum atomic E-state index is -0.425. The molecular formula is C13H19FN2O2. The van der Waals surface area contributed by atoms with Gasteiger partial charge in [-0.25, -0.2) is 4.39 Å². The number of halogens is 1. The average molecular weight is 254 g/mol. The SMILES string of the molecule is CNCCC(=O)NC(C)c1c(F)cccc1OC. The molecule has 1 aromatic carbocycles. The molecule has 0 aromatic heterocycles. The van der Waals surface area contributed by atoms with Crippen molar-refractivity contribution in [2.45, 2.75) is 19.4 Å². The van der Waals surface area contributed by atoms with Crippen molar-refractivity contribution >= 4 is 5.91 Å². The summed E-state index contributed by atoms with van der Waals surface area (Å²) in [6.45, 7) is 2.32. The Morgan fingerprint density at radius 1 is 1.50 bits per heavy atom. The summed E-state index contributed by atoms with van der Waals surface area (Å²) in [5.41, 5.74) is 0.373. The van der Waals surface area contributed by atoms with Gasteiger partial charge in [0, 0.05) is 13.0 Å². The summed E-state index contributed by atoms with van der Waals surface area (Å²) in [6.07, 6.45) is 0.359. The van der Waals surface area contributed by atoms with Crippen LogP contribution in [0.1, 0.15) is 24.9 Å². The van der Waals surface area contributed by atoms with Gasteiger partial charge >= 0.3 is 0 Å². The highest BCUT2D eigenvalue weighted by Crippen LogP contribution is 2.27. The second-order valence-corrected chi connectivity index (χ2v) is 4.00. The fraction of sp³-hybridized carbons (Fsp3) is 0.462. The van der Waals surface area contributed by atoms with Crippen LogP contribution in [0, 0.1) is 5.82 Å². The zero-order chi connectivity index (χ0) is 13.5. The van der Waals surface area contributed by atoms with Gasteiger partial charge in [-0.05, 0) is 26.1 Å². The third-order valence-corrected chi connectivity index (χ3v) is 2.65. The van der Waals surface area contributed by atoms with Crippen molar-refractivity contribution in [3.8, 4) is 5.75 Å². The molecule has 2 N–H and O–H groups in total. The Labute approximate surface area is 107 Å². The van der Waals surface area contributed by atoms with Crippen molar-refractivity contribution in [1.29, 1.82) is 0 Å². The molecule has 1 amide bonds. The van der Waals surface area contributed by atoms with Crippen LogP contribution >= 0.6 is 0 Å². The molecule has 1 atom stereocenters. The Morgan fingerprint density at radius 3 is 2.83 bits per heavy atom. The van der Waals surface area contributed by atoms with Crippen molar-refractivity contribution in [2.75, 3.05) is 20.7 Å². The van der Waals surface area contributed by atoms with Gasteiger partial charge in [0.15, 0.2) is 0 Å². The molecule has 1 aromatic rings. The molecule has 0 aliphatic carbocycles. The Balaban J connectivity index is 2.77. The fourth-order valence-electron chi connectivity index (χ4n) is 1.74. The number of ether oxygens (including phenoxy) is 1. The third-order valence-electron chi connectivity index (χ3n) is 2.65. The predicted octanol–water partition coefficient (Wildman–Crippen LogP) is 1.62. The summed E-state index contributed by atoms with van der Waals surface area (Å²) >= 11 is 0. The first kappa shape index (κ1) is 14.4. The summed E-state index contributed by atoms with van der Waals surface area (Å²) in [5, 5.41) is 5.63. The Morgan fingerprint density at radius 2 is 2.22 bits per heavy atom. The van der Waals surface area contributed by atoms with Crippen LogP contribution in [0.2, 0.25) is 0 Å². The van der Waals surface area contributed by atoms with Crippen LogP contribution in [-0.4, -0.2) is 26.6 Å². The first-order valence-corrected chi connectivity index (χ1v) is 5.86. The average Bonchev–Trinajstić information content (AvgIpc) is 2.35. The van der Waals surface area contributed by atoms with E-state index >= 15 is 0 Å². The summed E-state index contributed by atoms with van der Waals surface area (Å²) in [6, 6.07) is 4.18. The molecular weight excluding hydrogens is 235 g/mol. The van der Waals surface area contributed by atoms with Gasteiger partial charge in [-0.15, -0.1) is 0 Å². The number of hydrogen-bond acceptors (Lipinski definition) is 3. The smallest absolute Gasteiger partial charge is 0.221 e. The highest BCUT2D eigenvalue weighted by molar-refractivity contribution is 5.76. The lowest BCUT2D eigenvalue weighted by atomic mass is 10.1. The Bertz CT molecular complexity index is 410. The number of methoxy groups -OCH3 is 1. The zero-order valence-electron chi connectivity index (χ0n) is 10.9. The molecule has 0 aliphatic rings. The second kappa shape index (κ2) is 6.96. The lowest BCUT2D eigenvalue weighted by Crippen LogP contribution is -2.29. The molecule has 0 heterocycles. The summed E-state index contributed by atoms with van der Waals surface area (Å²) < 4.78 is 18.9. The van der Waals surface area contributed by atoms with Gasteiger partial charge in [0.1, 0.15) is 11.6 Å². The maximum Gasteiger partial charge on any atom is 0.221 e. The molecule has 1 rings (SSSR count). The van der Waals surface area contributed by atoms with Crippen LogP contribution in [0.15, 0.2) is 18.2 Å². The van der Waals surface area contributed by atoms with Gasteiger partial charge in [-0.1, -0.05) is 6.07 Å². The molecule has 1 unspecified atom stereocenters. The number of amides is 1. The standard InChI is InChI=1S/C13H19FN2O2/c1-9(16-12(17)7-8-15-2)13-10(14)5-4-6-11(13)18-3/h4-6,9,15H,7-8H2,1-3H3,(H,16,17). The molecule has 0 saturated heterocycles. The van der Waals surface area contributed by atoms with Crippen LogP contribution in [0.25, 0.3) is 0 Å². The molecule has 0 radical (unpaired) electrons. The van der Waals surface area contributed by atoms with E-state index in [1.165, 1.54) is 13.2 Å². The van der Waals surface area contributed by atoms with Gasteiger partial charge < -0.3 is 15.4 Å². The van der Waals surface area contributed by atoms with E-state index in [0.29, 0.717) is 24.3 Å². The number of hydrogen-bond donors (Lipinski definition) is 2. The van der Waals surface area contributed by atoms with Gasteiger partial charge in [0.2, 0.25) is 5.91 Å². The normalized spacial score (nSPS) is 12.0. The third kappa shape index (κ3) is 3.70.